The molecule has 2 aromatic rings. The van der Waals surface area contributed by atoms with E-state index >= 15 is 0 Å². The zero-order valence-corrected chi connectivity index (χ0v) is 20.0. The average Bonchev–Trinajstić information content (AvgIpc) is 3.32. The summed E-state index contributed by atoms with van der Waals surface area (Å²) in [6.45, 7) is 7.73. The summed E-state index contributed by atoms with van der Waals surface area (Å²) in [5, 5.41) is 11.8. The number of anilines is 2. The highest BCUT2D eigenvalue weighted by Gasteiger charge is 2.28. The van der Waals surface area contributed by atoms with E-state index in [9.17, 15) is 14.9 Å². The molecular weight excluding hydrogens is 436 g/mol. The third-order valence-corrected chi connectivity index (χ3v) is 6.22. The molecule has 1 aromatic carbocycles. The van der Waals surface area contributed by atoms with E-state index in [4.69, 9.17) is 10.5 Å². The van der Waals surface area contributed by atoms with Crippen LogP contribution in [0.2, 0.25) is 0 Å². The zero-order valence-electron chi connectivity index (χ0n) is 20.0. The molecule has 1 aromatic heterocycles. The summed E-state index contributed by atoms with van der Waals surface area (Å²) in [5.74, 6) is 0.00946. The van der Waals surface area contributed by atoms with E-state index in [1.165, 1.54) is 12.8 Å². The summed E-state index contributed by atoms with van der Waals surface area (Å²) in [5.41, 5.74) is 7.60. The summed E-state index contributed by atoms with van der Waals surface area (Å²) in [4.78, 5) is 35.0. The van der Waals surface area contributed by atoms with Crippen LogP contribution < -0.4 is 15.4 Å². The quantitative estimate of drug-likeness (QED) is 0.265. The molecule has 3 rings (SSSR count). The van der Waals surface area contributed by atoms with Crippen molar-refractivity contribution in [3.05, 3.63) is 45.5 Å². The predicted molar refractivity (Wildman–Crippen MR) is 131 cm³/mol. The van der Waals surface area contributed by atoms with Gasteiger partial charge in [0.15, 0.2) is 0 Å². The Kier molecular flexibility index (Phi) is 9.15. The number of aldehydes is 1. The molecule has 10 heteroatoms. The minimum absolute atomic E-state index is 0.0194. The van der Waals surface area contributed by atoms with Crippen molar-refractivity contribution in [2.24, 2.45) is 5.92 Å². The molecule has 1 fully saturated rings. The van der Waals surface area contributed by atoms with Gasteiger partial charge >= 0.3 is 11.7 Å². The number of likely N-dealkylation sites (tertiary alicyclic amines) is 1. The fourth-order valence-electron chi connectivity index (χ4n) is 4.18. The van der Waals surface area contributed by atoms with Crippen molar-refractivity contribution in [2.75, 3.05) is 36.9 Å². The third kappa shape index (κ3) is 6.63. The number of nitro groups is 1. The molecule has 0 aliphatic carbocycles. The standard InChI is InChI=1S/C24H34N6O4/c1-3-18(4-2)17-34-24-26-22(25)21(30(32)33)23(27-24)29(12-13-31)16-20-9-7-8-19(14-20)15-28-10-5-6-11-28/h7-9,13-14,18H,3-6,10-12,15-17H2,1-2H3,(H2,25,26,27). The summed E-state index contributed by atoms with van der Waals surface area (Å²) in [6.07, 6.45) is 4.98. The molecule has 2 N–H and O–H groups in total. The second-order valence-corrected chi connectivity index (χ2v) is 8.66. The van der Waals surface area contributed by atoms with E-state index in [0.29, 0.717) is 18.8 Å². The number of ether oxygens (including phenoxy) is 1. The molecule has 184 valence electrons. The van der Waals surface area contributed by atoms with Crippen molar-refractivity contribution in [1.29, 1.82) is 0 Å². The van der Waals surface area contributed by atoms with Gasteiger partial charge in [0, 0.05) is 13.1 Å². The van der Waals surface area contributed by atoms with Crippen LogP contribution in [0.3, 0.4) is 0 Å². The highest BCUT2D eigenvalue weighted by molar-refractivity contribution is 5.72. The van der Waals surface area contributed by atoms with Gasteiger partial charge in [-0.05, 0) is 43.0 Å². The maximum atomic E-state index is 11.8. The highest BCUT2D eigenvalue weighted by atomic mass is 16.6. The first-order chi connectivity index (χ1) is 16.4. The minimum atomic E-state index is -0.614. The second kappa shape index (κ2) is 12.3. The van der Waals surface area contributed by atoms with E-state index in [0.717, 1.165) is 43.6 Å². The lowest BCUT2D eigenvalue weighted by atomic mass is 10.1. The minimum Gasteiger partial charge on any atom is -0.463 e. The van der Waals surface area contributed by atoms with Crippen molar-refractivity contribution >= 4 is 23.6 Å². The normalized spacial score (nSPS) is 13.9. The van der Waals surface area contributed by atoms with Gasteiger partial charge in [0.2, 0.25) is 11.6 Å². The Morgan fingerprint density at radius 1 is 1.24 bits per heavy atom. The average molecular weight is 471 g/mol. The van der Waals surface area contributed by atoms with Crippen LogP contribution in [0.15, 0.2) is 24.3 Å². The molecule has 1 aliphatic heterocycles. The first-order valence-electron chi connectivity index (χ1n) is 11.9. The maximum absolute atomic E-state index is 11.8. The SMILES string of the molecule is CCC(CC)COc1nc(N)c([N+](=O)[O-])c(N(CC=O)Cc2cccc(CN3CCCC3)c2)n1. The van der Waals surface area contributed by atoms with Crippen LogP contribution in [0.5, 0.6) is 6.01 Å². The topological polar surface area (TPSA) is 128 Å². The first kappa shape index (κ1) is 25.4. The van der Waals surface area contributed by atoms with Crippen LogP contribution in [-0.4, -0.2) is 52.3 Å². The smallest absolute Gasteiger partial charge is 0.353 e. The van der Waals surface area contributed by atoms with Crippen LogP contribution in [0.1, 0.15) is 50.7 Å². The zero-order chi connectivity index (χ0) is 24.5. The van der Waals surface area contributed by atoms with Gasteiger partial charge in [0.1, 0.15) is 6.29 Å². The Balaban J connectivity index is 1.88. The van der Waals surface area contributed by atoms with Crippen molar-refractivity contribution in [3.63, 3.8) is 0 Å². The molecule has 0 unspecified atom stereocenters. The molecule has 0 bridgehead atoms. The molecule has 0 atom stereocenters. The fraction of sp³-hybridized carbons (Fsp3) is 0.542. The number of carbonyl (C=O) groups is 1. The Morgan fingerprint density at radius 2 is 1.94 bits per heavy atom. The Hall–Kier alpha value is -3.27. The van der Waals surface area contributed by atoms with Gasteiger partial charge in [0.25, 0.3) is 0 Å². The van der Waals surface area contributed by atoms with Gasteiger partial charge in [-0.3, -0.25) is 15.0 Å². The van der Waals surface area contributed by atoms with Crippen molar-refractivity contribution < 1.29 is 14.5 Å². The molecule has 0 saturated carbocycles. The van der Waals surface area contributed by atoms with Gasteiger partial charge in [-0.1, -0.05) is 51.0 Å². The second-order valence-electron chi connectivity index (χ2n) is 8.66. The highest BCUT2D eigenvalue weighted by Crippen LogP contribution is 2.33. The van der Waals surface area contributed by atoms with E-state index in [2.05, 4.69) is 40.8 Å². The Morgan fingerprint density at radius 3 is 2.59 bits per heavy atom. The molecule has 1 aliphatic rings. The number of nitrogens with zero attached hydrogens (tertiary/aromatic N) is 5. The summed E-state index contributed by atoms with van der Waals surface area (Å²) >= 11 is 0. The Labute approximate surface area is 200 Å². The number of benzene rings is 1. The lowest BCUT2D eigenvalue weighted by molar-refractivity contribution is -0.383. The number of nitrogens with two attached hydrogens (primary N) is 1. The number of hydrogen-bond acceptors (Lipinski definition) is 9. The van der Waals surface area contributed by atoms with E-state index in [-0.39, 0.29) is 30.7 Å². The lowest BCUT2D eigenvalue weighted by Crippen LogP contribution is -2.28. The summed E-state index contributed by atoms with van der Waals surface area (Å²) in [7, 11) is 0. The molecular formula is C24H34N6O4. The largest absolute Gasteiger partial charge is 0.463 e. The van der Waals surface area contributed by atoms with E-state index in [1.807, 2.05) is 12.1 Å². The monoisotopic (exact) mass is 470 g/mol. The van der Waals surface area contributed by atoms with Gasteiger partial charge in [-0.25, -0.2) is 0 Å². The third-order valence-electron chi connectivity index (χ3n) is 6.22. The number of nitrogen functional groups attached to an aromatic ring is 1. The lowest BCUT2D eigenvalue weighted by Gasteiger charge is -2.23. The molecule has 0 spiro atoms. The van der Waals surface area contributed by atoms with Crippen LogP contribution in [-0.2, 0) is 17.9 Å². The number of hydrogen-bond donors (Lipinski definition) is 1. The Bertz CT molecular complexity index is 976. The first-order valence-corrected chi connectivity index (χ1v) is 11.9. The van der Waals surface area contributed by atoms with E-state index < -0.39 is 10.6 Å². The van der Waals surface area contributed by atoms with Gasteiger partial charge < -0.3 is 20.2 Å². The van der Waals surface area contributed by atoms with E-state index in [1.54, 1.807) is 4.90 Å². The maximum Gasteiger partial charge on any atom is 0.353 e. The molecule has 2 heterocycles. The van der Waals surface area contributed by atoms with Crippen LogP contribution in [0, 0.1) is 16.0 Å². The van der Waals surface area contributed by atoms with Gasteiger partial charge in [-0.2, -0.15) is 9.97 Å². The molecule has 34 heavy (non-hydrogen) atoms. The molecule has 0 amide bonds. The van der Waals surface area contributed by atoms with Crippen molar-refractivity contribution in [3.8, 4) is 6.01 Å². The van der Waals surface area contributed by atoms with Crippen molar-refractivity contribution in [1.82, 2.24) is 14.9 Å². The predicted octanol–water partition coefficient (Wildman–Crippen LogP) is 3.58. The fourth-order valence-corrected chi connectivity index (χ4v) is 4.18. The van der Waals surface area contributed by atoms with Gasteiger partial charge in [0.05, 0.1) is 18.1 Å². The van der Waals surface area contributed by atoms with Crippen molar-refractivity contribution in [2.45, 2.75) is 52.6 Å². The molecule has 1 saturated heterocycles. The number of carbonyl (C=O) groups excluding carboxylic acids is 1. The number of aromatic nitrogens is 2. The molecule has 10 nitrogen and oxygen atoms in total. The van der Waals surface area contributed by atoms with Gasteiger partial charge in [-0.15, -0.1) is 0 Å². The van der Waals surface area contributed by atoms with Crippen LogP contribution >= 0.6 is 0 Å². The van der Waals surface area contributed by atoms with Crippen LogP contribution in [0.4, 0.5) is 17.3 Å². The number of rotatable bonds is 13. The molecule has 0 radical (unpaired) electrons. The summed E-state index contributed by atoms with van der Waals surface area (Å²) in [6, 6.07) is 8.01. The van der Waals surface area contributed by atoms with Crippen LogP contribution in [0.25, 0.3) is 0 Å². The summed E-state index contributed by atoms with van der Waals surface area (Å²) < 4.78 is 5.73.